The molecular weight excluding hydrogens is 453 g/mol. The van der Waals surface area contributed by atoms with Crippen LogP contribution in [0.2, 0.25) is 0 Å². The quantitative estimate of drug-likeness (QED) is 0.715. The van der Waals surface area contributed by atoms with Gasteiger partial charge in [0.2, 0.25) is 0 Å². The third-order valence-electron chi connectivity index (χ3n) is 5.99. The first kappa shape index (κ1) is 24.7. The van der Waals surface area contributed by atoms with Crippen LogP contribution in [0.5, 0.6) is 0 Å². The number of rotatable bonds is 3. The standard InChI is InChI=1S/C25H30FN5O4/c1-15-11-30(20-8-7-16(10-27)22-17(20)6-5-9-28-22)14-21(34-15)23(32)29-19-13-31(12-18(19)26)24(33)35-25(2,3)4/h5-9,15,18-19,21H,11-14H2,1-4H3,(H,29,32)/t15?,18-,19?,21?/m1/s1. The number of aromatic nitrogens is 1. The normalized spacial score (nSPS) is 24.8. The number of hydrogen-bond acceptors (Lipinski definition) is 7. The molecule has 1 aromatic heterocycles. The molecule has 2 aliphatic heterocycles. The summed E-state index contributed by atoms with van der Waals surface area (Å²) < 4.78 is 25.9. The van der Waals surface area contributed by atoms with Crippen LogP contribution in [0.3, 0.4) is 0 Å². The summed E-state index contributed by atoms with van der Waals surface area (Å²) in [5, 5.41) is 13.0. The van der Waals surface area contributed by atoms with Crippen molar-refractivity contribution in [3.63, 3.8) is 0 Å². The average molecular weight is 484 g/mol. The molecule has 2 fully saturated rings. The van der Waals surface area contributed by atoms with Crippen LogP contribution < -0.4 is 10.2 Å². The monoisotopic (exact) mass is 483 g/mol. The van der Waals surface area contributed by atoms with E-state index in [1.165, 1.54) is 4.90 Å². The highest BCUT2D eigenvalue weighted by atomic mass is 19.1. The van der Waals surface area contributed by atoms with Crippen molar-refractivity contribution in [1.82, 2.24) is 15.2 Å². The predicted molar refractivity (Wildman–Crippen MR) is 128 cm³/mol. The molecule has 0 aliphatic carbocycles. The number of fused-ring (bicyclic) bond motifs is 1. The molecule has 2 aliphatic rings. The minimum Gasteiger partial charge on any atom is -0.444 e. The Bertz CT molecular complexity index is 1160. The predicted octanol–water partition coefficient (Wildman–Crippen LogP) is 2.77. The molecule has 0 saturated carbocycles. The molecule has 0 spiro atoms. The summed E-state index contributed by atoms with van der Waals surface area (Å²) >= 11 is 0. The molecule has 0 radical (unpaired) electrons. The van der Waals surface area contributed by atoms with E-state index in [2.05, 4.69) is 16.4 Å². The van der Waals surface area contributed by atoms with Crippen LogP contribution in [-0.4, -0.2) is 78.1 Å². The van der Waals surface area contributed by atoms with Crippen molar-refractivity contribution in [2.24, 2.45) is 0 Å². The zero-order chi connectivity index (χ0) is 25.3. The lowest BCUT2D eigenvalue weighted by molar-refractivity contribution is -0.138. The third-order valence-corrected chi connectivity index (χ3v) is 5.99. The van der Waals surface area contributed by atoms with Crippen LogP contribution in [0.15, 0.2) is 30.5 Å². The first-order valence-electron chi connectivity index (χ1n) is 11.7. The molecule has 4 atom stereocenters. The molecule has 2 aromatic rings. The van der Waals surface area contributed by atoms with Gasteiger partial charge in [0.05, 0.1) is 36.3 Å². The molecule has 3 unspecified atom stereocenters. The Balaban J connectivity index is 1.46. The number of morpholine rings is 1. The molecular formula is C25H30FN5O4. The number of nitrogens with zero attached hydrogens (tertiary/aromatic N) is 4. The Labute approximate surface area is 203 Å². The van der Waals surface area contributed by atoms with E-state index in [9.17, 15) is 19.2 Å². The topological polar surface area (TPSA) is 108 Å². The maximum atomic E-state index is 14.7. The van der Waals surface area contributed by atoms with Gasteiger partial charge in [-0.2, -0.15) is 5.26 Å². The van der Waals surface area contributed by atoms with Crippen molar-refractivity contribution in [2.75, 3.05) is 31.1 Å². The van der Waals surface area contributed by atoms with Crippen LogP contribution in [-0.2, 0) is 14.3 Å². The summed E-state index contributed by atoms with van der Waals surface area (Å²) in [6, 6.07) is 8.59. The number of halogens is 1. The van der Waals surface area contributed by atoms with Gasteiger partial charge in [-0.15, -0.1) is 0 Å². The summed E-state index contributed by atoms with van der Waals surface area (Å²) in [6.45, 7) is 7.79. The molecule has 10 heteroatoms. The van der Waals surface area contributed by atoms with Gasteiger partial charge in [0.25, 0.3) is 5.91 Å². The van der Waals surface area contributed by atoms with Crippen molar-refractivity contribution in [3.05, 3.63) is 36.0 Å². The molecule has 9 nitrogen and oxygen atoms in total. The number of nitrogens with one attached hydrogen (secondary N) is 1. The third kappa shape index (κ3) is 5.46. The zero-order valence-electron chi connectivity index (χ0n) is 20.3. The lowest BCUT2D eigenvalue weighted by Gasteiger charge is -2.38. The number of likely N-dealkylation sites (tertiary alicyclic amines) is 1. The maximum absolute atomic E-state index is 14.7. The number of carbonyl (C=O) groups excluding carboxylic acids is 2. The SMILES string of the molecule is CC1CN(c2ccc(C#N)c3ncccc23)CC(C(=O)NC2CN(C(=O)OC(C)(C)C)C[C@H]2F)O1. The van der Waals surface area contributed by atoms with Gasteiger partial charge in [0.15, 0.2) is 6.10 Å². The van der Waals surface area contributed by atoms with Crippen molar-refractivity contribution < 1.29 is 23.5 Å². The fourth-order valence-electron chi connectivity index (χ4n) is 4.47. The molecule has 1 N–H and O–H groups in total. The first-order valence-corrected chi connectivity index (χ1v) is 11.7. The van der Waals surface area contributed by atoms with E-state index in [1.807, 2.05) is 24.0 Å². The van der Waals surface area contributed by atoms with E-state index in [0.29, 0.717) is 17.6 Å². The Hall–Kier alpha value is -3.45. The molecule has 35 heavy (non-hydrogen) atoms. The summed E-state index contributed by atoms with van der Waals surface area (Å²) in [6.07, 6.45) is -1.46. The van der Waals surface area contributed by atoms with Crippen LogP contribution in [0.4, 0.5) is 14.9 Å². The Morgan fingerprint density at radius 2 is 2.00 bits per heavy atom. The lowest BCUT2D eigenvalue weighted by atomic mass is 10.1. The maximum Gasteiger partial charge on any atom is 0.410 e. The zero-order valence-corrected chi connectivity index (χ0v) is 20.3. The summed E-state index contributed by atoms with van der Waals surface area (Å²) in [5.74, 6) is -0.434. The number of hydrogen-bond donors (Lipinski definition) is 1. The van der Waals surface area contributed by atoms with Gasteiger partial charge in [-0.05, 0) is 52.0 Å². The number of benzene rings is 1. The van der Waals surface area contributed by atoms with E-state index < -0.39 is 35.9 Å². The minimum atomic E-state index is -1.41. The van der Waals surface area contributed by atoms with Crippen molar-refractivity contribution >= 4 is 28.6 Å². The highest BCUT2D eigenvalue weighted by Crippen LogP contribution is 2.30. The average Bonchev–Trinajstić information content (AvgIpc) is 3.17. The van der Waals surface area contributed by atoms with Gasteiger partial charge in [0.1, 0.15) is 17.8 Å². The van der Waals surface area contributed by atoms with Gasteiger partial charge in [-0.1, -0.05) is 0 Å². The molecule has 2 saturated heterocycles. The van der Waals surface area contributed by atoms with Crippen LogP contribution in [0.1, 0.15) is 33.3 Å². The first-order chi connectivity index (χ1) is 16.6. The Kier molecular flexibility index (Phi) is 6.81. The molecule has 4 rings (SSSR count). The Morgan fingerprint density at radius 1 is 1.23 bits per heavy atom. The fourth-order valence-corrected chi connectivity index (χ4v) is 4.47. The van der Waals surface area contributed by atoms with E-state index in [0.717, 1.165) is 11.1 Å². The second kappa shape index (κ2) is 9.66. The number of alkyl halides is 1. The lowest BCUT2D eigenvalue weighted by Crippen LogP contribution is -2.55. The highest BCUT2D eigenvalue weighted by Gasteiger charge is 2.40. The molecule has 0 bridgehead atoms. The largest absolute Gasteiger partial charge is 0.444 e. The second-order valence-corrected chi connectivity index (χ2v) is 10.0. The molecule has 3 heterocycles. The molecule has 186 valence electrons. The second-order valence-electron chi connectivity index (χ2n) is 10.0. The van der Waals surface area contributed by atoms with Gasteiger partial charge >= 0.3 is 6.09 Å². The van der Waals surface area contributed by atoms with Crippen LogP contribution >= 0.6 is 0 Å². The molecule has 2 amide bonds. The van der Waals surface area contributed by atoms with Gasteiger partial charge in [-0.25, -0.2) is 9.18 Å². The van der Waals surface area contributed by atoms with E-state index in [4.69, 9.17) is 9.47 Å². The minimum absolute atomic E-state index is 0.0275. The van der Waals surface area contributed by atoms with Gasteiger partial charge < -0.3 is 24.6 Å². The number of anilines is 1. The smallest absolute Gasteiger partial charge is 0.410 e. The summed E-state index contributed by atoms with van der Waals surface area (Å²) in [5.41, 5.74) is 1.23. The Morgan fingerprint density at radius 3 is 2.71 bits per heavy atom. The van der Waals surface area contributed by atoms with Gasteiger partial charge in [0, 0.05) is 30.4 Å². The van der Waals surface area contributed by atoms with E-state index in [-0.39, 0.29) is 25.7 Å². The van der Waals surface area contributed by atoms with E-state index >= 15 is 0 Å². The molecule has 1 aromatic carbocycles. The van der Waals surface area contributed by atoms with Crippen LogP contribution in [0, 0.1) is 11.3 Å². The van der Waals surface area contributed by atoms with Crippen molar-refractivity contribution in [3.8, 4) is 6.07 Å². The number of nitriles is 1. The highest BCUT2D eigenvalue weighted by molar-refractivity contribution is 5.95. The van der Waals surface area contributed by atoms with E-state index in [1.54, 1.807) is 39.1 Å². The van der Waals surface area contributed by atoms with Gasteiger partial charge in [-0.3, -0.25) is 9.78 Å². The number of ether oxygens (including phenoxy) is 2. The van der Waals surface area contributed by atoms with Crippen molar-refractivity contribution in [2.45, 2.75) is 57.7 Å². The number of carbonyl (C=O) groups is 2. The van der Waals surface area contributed by atoms with Crippen molar-refractivity contribution in [1.29, 1.82) is 5.26 Å². The summed E-state index contributed by atoms with van der Waals surface area (Å²) in [7, 11) is 0. The van der Waals surface area contributed by atoms with Crippen LogP contribution in [0.25, 0.3) is 10.9 Å². The summed E-state index contributed by atoms with van der Waals surface area (Å²) in [4.78, 5) is 33.0. The number of pyridine rings is 1. The fraction of sp³-hybridized carbons (Fsp3) is 0.520. The number of amides is 2.